The average molecular weight is 253 g/mol. The van der Waals surface area contributed by atoms with Crippen molar-refractivity contribution < 1.29 is 4.68 Å². The summed E-state index contributed by atoms with van der Waals surface area (Å²) in [6.45, 7) is 1.92. The first-order valence-electron chi connectivity index (χ1n) is 5.96. The van der Waals surface area contributed by atoms with Crippen molar-refractivity contribution in [3.63, 3.8) is 0 Å². The van der Waals surface area contributed by atoms with Crippen LogP contribution in [-0.4, -0.2) is 10.1 Å². The van der Waals surface area contributed by atoms with Crippen LogP contribution in [0.5, 0.6) is 0 Å². The summed E-state index contributed by atoms with van der Waals surface area (Å²) in [4.78, 5) is 15.2. The number of nitroso groups, excluding NO2 is 1. The molecule has 2 aromatic heterocycles. The first kappa shape index (κ1) is 11.5. The van der Waals surface area contributed by atoms with Gasteiger partial charge in [-0.1, -0.05) is 0 Å². The van der Waals surface area contributed by atoms with Crippen LogP contribution >= 0.6 is 0 Å². The Kier molecular flexibility index (Phi) is 2.59. The number of hydrogen-bond acceptors (Lipinski definition) is 3. The van der Waals surface area contributed by atoms with E-state index in [1.54, 1.807) is 12.3 Å². The minimum Gasteiger partial charge on any atom is -0.262 e. The molecule has 2 heterocycles. The van der Waals surface area contributed by atoms with Gasteiger partial charge in [0.25, 0.3) is 0 Å². The van der Waals surface area contributed by atoms with Gasteiger partial charge >= 0.3 is 0 Å². The molecule has 19 heavy (non-hydrogen) atoms. The normalized spacial score (nSPS) is 10.8. The third kappa shape index (κ3) is 1.89. The summed E-state index contributed by atoms with van der Waals surface area (Å²) in [5, 5.41) is 7.27. The predicted molar refractivity (Wildman–Crippen MR) is 72.9 cm³/mol. The molecule has 0 saturated carbocycles. The van der Waals surface area contributed by atoms with E-state index in [4.69, 9.17) is 0 Å². The van der Waals surface area contributed by atoms with E-state index in [1.807, 2.05) is 43.0 Å². The lowest BCUT2D eigenvalue weighted by molar-refractivity contribution is -0.702. The number of aromatic amines is 1. The van der Waals surface area contributed by atoms with Gasteiger partial charge in [0.05, 0.1) is 11.6 Å². The van der Waals surface area contributed by atoms with Crippen LogP contribution in [0.1, 0.15) is 5.69 Å². The Morgan fingerprint density at radius 2 is 2.16 bits per heavy atom. The molecule has 3 aromatic rings. The quantitative estimate of drug-likeness (QED) is 0.564. The van der Waals surface area contributed by atoms with Crippen LogP contribution in [-0.2, 0) is 7.05 Å². The maximum atomic E-state index is 11.1. The summed E-state index contributed by atoms with van der Waals surface area (Å²) in [6.07, 6.45) is 3.64. The Labute approximate surface area is 109 Å². The van der Waals surface area contributed by atoms with E-state index < -0.39 is 0 Å². The van der Waals surface area contributed by atoms with Crippen molar-refractivity contribution >= 4 is 16.6 Å². The van der Waals surface area contributed by atoms with Crippen LogP contribution in [0.3, 0.4) is 0 Å². The zero-order chi connectivity index (χ0) is 13.4. The lowest BCUT2D eigenvalue weighted by Gasteiger charge is -2.04. The van der Waals surface area contributed by atoms with E-state index in [0.29, 0.717) is 5.69 Å². The van der Waals surface area contributed by atoms with Crippen LogP contribution in [0.4, 0.5) is 5.69 Å². The molecule has 0 aliphatic rings. The van der Waals surface area contributed by atoms with E-state index in [2.05, 4.69) is 15.3 Å². The van der Waals surface area contributed by atoms with Gasteiger partial charge in [0.2, 0.25) is 5.52 Å². The fourth-order valence-electron chi connectivity index (χ4n) is 2.26. The average Bonchev–Trinajstić information content (AvgIpc) is 2.78. The summed E-state index contributed by atoms with van der Waals surface area (Å²) >= 11 is 0. The zero-order valence-corrected chi connectivity index (χ0v) is 10.7. The van der Waals surface area contributed by atoms with Gasteiger partial charge in [0.1, 0.15) is 5.69 Å². The summed E-state index contributed by atoms with van der Waals surface area (Å²) in [5.74, 6) is 0. The van der Waals surface area contributed by atoms with Crippen molar-refractivity contribution in [3.8, 4) is 11.1 Å². The minimum atomic E-state index is 0.438. The number of nitrogens with one attached hydrogen (secondary N) is 1. The summed E-state index contributed by atoms with van der Waals surface area (Å²) < 4.78 is 1.85. The zero-order valence-electron chi connectivity index (χ0n) is 10.7. The Bertz CT molecular complexity index is 776. The van der Waals surface area contributed by atoms with Crippen molar-refractivity contribution in [1.82, 2.24) is 10.1 Å². The number of aryl methyl sites for hydroxylation is 2. The molecular formula is C14H13N4O+. The second kappa shape index (κ2) is 4.28. The number of nitrogens with zero attached hydrogens (tertiary/aromatic N) is 3. The van der Waals surface area contributed by atoms with Crippen LogP contribution in [0.25, 0.3) is 22.0 Å². The molecule has 0 saturated heterocycles. The summed E-state index contributed by atoms with van der Waals surface area (Å²) in [6, 6.07) is 7.60. The predicted octanol–water partition coefficient (Wildman–Crippen LogP) is 2.76. The lowest BCUT2D eigenvalue weighted by Crippen LogP contribution is -2.29. The van der Waals surface area contributed by atoms with Gasteiger partial charge in [-0.15, -0.1) is 9.59 Å². The monoisotopic (exact) mass is 253 g/mol. The van der Waals surface area contributed by atoms with Crippen molar-refractivity contribution in [2.75, 3.05) is 0 Å². The molecule has 0 atom stereocenters. The highest BCUT2D eigenvalue weighted by molar-refractivity contribution is 5.89. The molecule has 94 valence electrons. The van der Waals surface area contributed by atoms with Crippen LogP contribution in [0.2, 0.25) is 0 Å². The third-order valence-electron chi connectivity index (χ3n) is 3.23. The largest absolute Gasteiger partial charge is 0.262 e. The highest BCUT2D eigenvalue weighted by Gasteiger charge is 2.14. The van der Waals surface area contributed by atoms with E-state index in [1.165, 1.54) is 0 Å². The number of rotatable bonds is 2. The second-order valence-electron chi connectivity index (χ2n) is 4.54. The van der Waals surface area contributed by atoms with Crippen molar-refractivity contribution in [3.05, 3.63) is 47.3 Å². The molecule has 1 aromatic carbocycles. The molecule has 0 bridgehead atoms. The standard InChI is InChI=1S/C14H12N4O/c1-9-5-10(3-4-15-9)12-6-11-8-16-18(2)14(11)7-13(12)17-19/h3-8H,1-2H3/p+1. The highest BCUT2D eigenvalue weighted by atomic mass is 16.3. The smallest absolute Gasteiger partial charge is 0.240 e. The summed E-state index contributed by atoms with van der Waals surface area (Å²) in [5.41, 5.74) is 4.08. The fourth-order valence-corrected chi connectivity index (χ4v) is 2.26. The Morgan fingerprint density at radius 1 is 1.32 bits per heavy atom. The molecule has 5 heteroatoms. The number of benzene rings is 1. The van der Waals surface area contributed by atoms with Gasteiger partial charge in [-0.25, -0.2) is 0 Å². The SMILES string of the molecule is Cc1cc(-c2cc3c[nH][n+](C)c3cc2N=O)ccn1. The van der Waals surface area contributed by atoms with Gasteiger partial charge in [-0.05, 0) is 35.9 Å². The third-order valence-corrected chi connectivity index (χ3v) is 3.23. The van der Waals surface area contributed by atoms with E-state index in [-0.39, 0.29) is 0 Å². The molecule has 0 aliphatic heterocycles. The van der Waals surface area contributed by atoms with Gasteiger partial charge in [0, 0.05) is 23.5 Å². The Morgan fingerprint density at radius 3 is 2.89 bits per heavy atom. The molecule has 1 N–H and O–H groups in total. The van der Waals surface area contributed by atoms with Crippen LogP contribution < -0.4 is 4.68 Å². The molecule has 0 aliphatic carbocycles. The molecular weight excluding hydrogens is 240 g/mol. The Balaban J connectivity index is 2.30. The van der Waals surface area contributed by atoms with Crippen molar-refractivity contribution in [2.24, 2.45) is 12.2 Å². The van der Waals surface area contributed by atoms with Gasteiger partial charge in [0.15, 0.2) is 7.05 Å². The maximum absolute atomic E-state index is 11.1. The second-order valence-corrected chi connectivity index (χ2v) is 4.54. The topological polar surface area (TPSA) is 62.0 Å². The fraction of sp³-hybridized carbons (Fsp3) is 0.143. The number of hydrogen-bond donors (Lipinski definition) is 1. The molecule has 0 fully saturated rings. The molecule has 0 radical (unpaired) electrons. The lowest BCUT2D eigenvalue weighted by atomic mass is 10.0. The van der Waals surface area contributed by atoms with Gasteiger partial charge < -0.3 is 0 Å². The van der Waals surface area contributed by atoms with Crippen molar-refractivity contribution in [2.45, 2.75) is 6.92 Å². The van der Waals surface area contributed by atoms with Crippen LogP contribution in [0, 0.1) is 11.8 Å². The van der Waals surface area contributed by atoms with Gasteiger partial charge in [-0.2, -0.15) is 5.10 Å². The first-order chi connectivity index (χ1) is 9.19. The molecule has 3 rings (SSSR count). The number of aromatic nitrogens is 3. The Hall–Kier alpha value is -2.56. The molecule has 5 nitrogen and oxygen atoms in total. The maximum Gasteiger partial charge on any atom is 0.240 e. The number of H-pyrrole nitrogens is 1. The molecule has 0 amide bonds. The van der Waals surface area contributed by atoms with E-state index >= 15 is 0 Å². The van der Waals surface area contributed by atoms with Gasteiger partial charge in [-0.3, -0.25) is 4.98 Å². The van der Waals surface area contributed by atoms with E-state index in [0.717, 1.165) is 27.7 Å². The molecule has 0 unspecified atom stereocenters. The number of pyridine rings is 1. The first-order valence-corrected chi connectivity index (χ1v) is 5.96. The summed E-state index contributed by atoms with van der Waals surface area (Å²) in [7, 11) is 1.90. The van der Waals surface area contributed by atoms with E-state index in [9.17, 15) is 4.91 Å². The number of fused-ring (bicyclic) bond motifs is 1. The van der Waals surface area contributed by atoms with Crippen molar-refractivity contribution in [1.29, 1.82) is 0 Å². The minimum absolute atomic E-state index is 0.438. The highest BCUT2D eigenvalue weighted by Crippen LogP contribution is 2.33. The van der Waals surface area contributed by atoms with Crippen LogP contribution in [0.15, 0.2) is 41.8 Å². The molecule has 0 spiro atoms.